The molecule has 4 rings (SSSR count). The van der Waals surface area contributed by atoms with Crippen LogP contribution < -0.4 is 0 Å². The van der Waals surface area contributed by atoms with Crippen molar-refractivity contribution in [2.24, 2.45) is 7.05 Å². The van der Waals surface area contributed by atoms with Crippen molar-refractivity contribution in [1.29, 1.82) is 0 Å². The van der Waals surface area contributed by atoms with Crippen LogP contribution in [0.2, 0.25) is 0 Å². The highest BCUT2D eigenvalue weighted by Gasteiger charge is 2.39. The number of amides is 1. The molecule has 2 aliphatic heterocycles. The third-order valence-corrected chi connectivity index (χ3v) is 6.07. The molecule has 1 aromatic rings. The molecular formula is C18H29N5O. The smallest absolute Gasteiger partial charge is 0.222 e. The molecule has 0 bridgehead atoms. The van der Waals surface area contributed by atoms with E-state index in [2.05, 4.69) is 31.6 Å². The first-order valence-corrected chi connectivity index (χ1v) is 9.60. The van der Waals surface area contributed by atoms with E-state index < -0.39 is 0 Å². The van der Waals surface area contributed by atoms with E-state index in [9.17, 15) is 4.79 Å². The minimum absolute atomic E-state index is 0.319. The number of hydrogen-bond acceptors (Lipinski definition) is 4. The predicted octanol–water partition coefficient (Wildman–Crippen LogP) is 2.06. The fraction of sp³-hybridized carbons (Fsp3) is 0.833. The second-order valence-electron chi connectivity index (χ2n) is 7.64. The molecule has 6 heteroatoms. The molecule has 2 atom stereocenters. The van der Waals surface area contributed by atoms with Gasteiger partial charge in [-0.25, -0.2) is 0 Å². The summed E-state index contributed by atoms with van der Waals surface area (Å²) in [5.74, 6) is 3.19. The van der Waals surface area contributed by atoms with Crippen LogP contribution in [0.5, 0.6) is 0 Å². The number of aromatic nitrogens is 3. The molecule has 3 fully saturated rings. The maximum Gasteiger partial charge on any atom is 0.222 e. The molecule has 1 amide bonds. The molecule has 0 unspecified atom stereocenters. The highest BCUT2D eigenvalue weighted by molar-refractivity contribution is 5.76. The van der Waals surface area contributed by atoms with Gasteiger partial charge in [0.2, 0.25) is 5.91 Å². The third-order valence-electron chi connectivity index (χ3n) is 6.07. The molecule has 3 aliphatic rings. The van der Waals surface area contributed by atoms with E-state index in [4.69, 9.17) is 0 Å². The lowest BCUT2D eigenvalue weighted by molar-refractivity contribution is -0.132. The van der Waals surface area contributed by atoms with E-state index in [1.807, 2.05) is 6.92 Å². The Morgan fingerprint density at radius 3 is 2.58 bits per heavy atom. The summed E-state index contributed by atoms with van der Waals surface area (Å²) >= 11 is 0. The zero-order valence-electron chi connectivity index (χ0n) is 14.9. The lowest BCUT2D eigenvalue weighted by Crippen LogP contribution is -2.48. The quantitative estimate of drug-likeness (QED) is 0.829. The largest absolute Gasteiger partial charge is 0.338 e. The van der Waals surface area contributed by atoms with Crippen molar-refractivity contribution in [1.82, 2.24) is 24.6 Å². The lowest BCUT2D eigenvalue weighted by Gasteiger charge is -2.34. The molecule has 1 saturated carbocycles. The van der Waals surface area contributed by atoms with Crippen molar-refractivity contribution in [2.45, 2.75) is 76.4 Å². The van der Waals surface area contributed by atoms with Gasteiger partial charge in [0.1, 0.15) is 11.6 Å². The van der Waals surface area contributed by atoms with Crippen LogP contribution in [0.4, 0.5) is 0 Å². The molecule has 1 aromatic heterocycles. The average molecular weight is 331 g/mol. The van der Waals surface area contributed by atoms with Crippen LogP contribution in [0.3, 0.4) is 0 Å². The fourth-order valence-electron chi connectivity index (χ4n) is 4.58. The first kappa shape index (κ1) is 16.1. The van der Waals surface area contributed by atoms with Gasteiger partial charge in [0, 0.05) is 38.0 Å². The molecule has 3 heterocycles. The highest BCUT2D eigenvalue weighted by atomic mass is 16.2. The highest BCUT2D eigenvalue weighted by Crippen LogP contribution is 2.39. The number of rotatable bonds is 5. The van der Waals surface area contributed by atoms with Crippen LogP contribution in [0.25, 0.3) is 0 Å². The molecule has 0 radical (unpaired) electrons. The number of carbonyl (C=O) groups excluding carboxylic acids is 1. The van der Waals surface area contributed by atoms with Crippen LogP contribution in [0.1, 0.15) is 69.4 Å². The fourth-order valence-corrected chi connectivity index (χ4v) is 4.58. The van der Waals surface area contributed by atoms with E-state index in [0.717, 1.165) is 44.1 Å². The van der Waals surface area contributed by atoms with Gasteiger partial charge in [0.25, 0.3) is 0 Å². The minimum Gasteiger partial charge on any atom is -0.338 e. The van der Waals surface area contributed by atoms with Crippen molar-refractivity contribution in [3.8, 4) is 0 Å². The Balaban J connectivity index is 1.47. The predicted molar refractivity (Wildman–Crippen MR) is 91.4 cm³/mol. The van der Waals surface area contributed by atoms with Gasteiger partial charge in [-0.15, -0.1) is 10.2 Å². The first-order valence-electron chi connectivity index (χ1n) is 9.60. The van der Waals surface area contributed by atoms with Crippen LogP contribution in [0.15, 0.2) is 0 Å². The molecule has 6 nitrogen and oxygen atoms in total. The summed E-state index contributed by atoms with van der Waals surface area (Å²) < 4.78 is 2.21. The van der Waals surface area contributed by atoms with Gasteiger partial charge in [-0.1, -0.05) is 6.92 Å². The number of hydrogen-bond donors (Lipinski definition) is 0. The summed E-state index contributed by atoms with van der Waals surface area (Å²) in [4.78, 5) is 17.0. The molecule has 1 aliphatic carbocycles. The van der Waals surface area contributed by atoms with Gasteiger partial charge in [-0.2, -0.15) is 0 Å². The molecule has 2 saturated heterocycles. The lowest BCUT2D eigenvalue weighted by atomic mass is 10.0. The van der Waals surface area contributed by atoms with Crippen LogP contribution >= 0.6 is 0 Å². The normalized spacial score (nSPS) is 28.0. The zero-order valence-corrected chi connectivity index (χ0v) is 14.9. The van der Waals surface area contributed by atoms with E-state index >= 15 is 0 Å². The van der Waals surface area contributed by atoms with Crippen molar-refractivity contribution < 1.29 is 4.79 Å². The van der Waals surface area contributed by atoms with Gasteiger partial charge in [0.15, 0.2) is 0 Å². The summed E-state index contributed by atoms with van der Waals surface area (Å²) in [5.41, 5.74) is 0. The summed E-state index contributed by atoms with van der Waals surface area (Å²) in [6.45, 7) is 4.90. The number of likely N-dealkylation sites (tertiary alicyclic amines) is 2. The summed E-state index contributed by atoms with van der Waals surface area (Å²) in [6.07, 6.45) is 7.87. The maximum absolute atomic E-state index is 12.3. The van der Waals surface area contributed by atoms with Crippen molar-refractivity contribution in [3.05, 3.63) is 11.6 Å². The van der Waals surface area contributed by atoms with Crippen LogP contribution in [0, 0.1) is 0 Å². The SMILES string of the molecule is CCC(=O)N1CCC[C@H]1[C@H]1CCCN1Cc1nnc(C2CC2)n1C. The topological polar surface area (TPSA) is 54.3 Å². The summed E-state index contributed by atoms with van der Waals surface area (Å²) in [6, 6.07) is 0.889. The third kappa shape index (κ3) is 2.85. The van der Waals surface area contributed by atoms with Gasteiger partial charge in [-0.3, -0.25) is 9.69 Å². The zero-order chi connectivity index (χ0) is 16.7. The Bertz CT molecular complexity index is 609. The number of carbonyl (C=O) groups is 1. The van der Waals surface area contributed by atoms with E-state index in [1.165, 1.54) is 25.7 Å². The number of nitrogens with zero attached hydrogens (tertiary/aromatic N) is 5. The van der Waals surface area contributed by atoms with E-state index in [1.54, 1.807) is 0 Å². The molecular weight excluding hydrogens is 302 g/mol. The van der Waals surface area contributed by atoms with Crippen molar-refractivity contribution in [3.63, 3.8) is 0 Å². The van der Waals surface area contributed by atoms with Gasteiger partial charge < -0.3 is 9.47 Å². The summed E-state index contributed by atoms with van der Waals surface area (Å²) in [7, 11) is 2.11. The van der Waals surface area contributed by atoms with Gasteiger partial charge >= 0.3 is 0 Å². The Labute approximate surface area is 144 Å². The summed E-state index contributed by atoms with van der Waals surface area (Å²) in [5, 5.41) is 8.88. The van der Waals surface area contributed by atoms with Gasteiger partial charge in [-0.05, 0) is 45.1 Å². The molecule has 0 spiro atoms. The molecule has 132 valence electrons. The van der Waals surface area contributed by atoms with Crippen LogP contribution in [-0.4, -0.2) is 55.6 Å². The van der Waals surface area contributed by atoms with E-state index in [0.29, 0.717) is 30.3 Å². The Morgan fingerprint density at radius 2 is 1.83 bits per heavy atom. The van der Waals surface area contributed by atoms with Crippen LogP contribution in [-0.2, 0) is 18.4 Å². The Kier molecular flexibility index (Phi) is 4.33. The minimum atomic E-state index is 0.319. The standard InChI is InChI=1S/C18H29N5O/c1-3-17(24)23-11-5-7-15(23)14-6-4-10-22(14)12-16-19-20-18(21(16)2)13-8-9-13/h13-15H,3-12H2,1-2H3/t14-,15+/m1/s1. The van der Waals surface area contributed by atoms with Gasteiger partial charge in [0.05, 0.1) is 6.54 Å². The first-order chi connectivity index (χ1) is 11.7. The average Bonchev–Trinajstić information content (AvgIpc) is 2.99. The second-order valence-corrected chi connectivity index (χ2v) is 7.64. The second kappa shape index (κ2) is 6.47. The Hall–Kier alpha value is -1.43. The maximum atomic E-state index is 12.3. The molecule has 0 aromatic carbocycles. The molecule has 24 heavy (non-hydrogen) atoms. The van der Waals surface area contributed by atoms with E-state index in [-0.39, 0.29) is 0 Å². The van der Waals surface area contributed by atoms with Crippen molar-refractivity contribution in [2.75, 3.05) is 13.1 Å². The Morgan fingerprint density at radius 1 is 1.08 bits per heavy atom. The van der Waals surface area contributed by atoms with Crippen molar-refractivity contribution >= 4 is 5.91 Å². The molecule has 0 N–H and O–H groups in total. The monoisotopic (exact) mass is 331 g/mol.